The van der Waals surface area contributed by atoms with Gasteiger partial charge in [-0.05, 0) is 49.4 Å². The second-order valence-electron chi connectivity index (χ2n) is 6.00. The Morgan fingerprint density at radius 2 is 1.86 bits per heavy atom. The average molecular weight is 416 g/mol. The van der Waals surface area contributed by atoms with Crippen LogP contribution < -0.4 is 9.47 Å². The predicted molar refractivity (Wildman–Crippen MR) is 105 cm³/mol. The summed E-state index contributed by atoms with van der Waals surface area (Å²) in [5, 5.41) is 0.620. The van der Waals surface area contributed by atoms with Crippen molar-refractivity contribution in [3.63, 3.8) is 0 Å². The summed E-state index contributed by atoms with van der Waals surface area (Å²) < 4.78 is 21.3. The van der Waals surface area contributed by atoms with Gasteiger partial charge in [-0.1, -0.05) is 11.6 Å². The van der Waals surface area contributed by atoms with E-state index in [4.69, 9.17) is 30.2 Å². The van der Waals surface area contributed by atoms with E-state index in [2.05, 4.69) is 4.98 Å². The number of oxazole rings is 1. The summed E-state index contributed by atoms with van der Waals surface area (Å²) in [4.78, 5) is 27.5. The lowest BCUT2D eigenvalue weighted by Gasteiger charge is -2.11. The first-order valence-electron chi connectivity index (χ1n) is 8.64. The Kier molecular flexibility index (Phi) is 6.51. The molecule has 0 fully saturated rings. The van der Waals surface area contributed by atoms with Gasteiger partial charge in [0.2, 0.25) is 5.89 Å². The molecule has 0 amide bonds. The molecule has 0 bridgehead atoms. The number of methoxy groups -OCH3 is 1. The van der Waals surface area contributed by atoms with Gasteiger partial charge in [-0.3, -0.25) is 4.79 Å². The lowest BCUT2D eigenvalue weighted by molar-refractivity contribution is -0.148. The monoisotopic (exact) mass is 415 g/mol. The molecule has 2 aromatic carbocycles. The summed E-state index contributed by atoms with van der Waals surface area (Å²) in [6.07, 6.45) is 1.55. The summed E-state index contributed by atoms with van der Waals surface area (Å²) >= 11 is 5.87. The van der Waals surface area contributed by atoms with Gasteiger partial charge in [0.1, 0.15) is 0 Å². The van der Waals surface area contributed by atoms with Crippen LogP contribution in [0.2, 0.25) is 5.02 Å². The first kappa shape index (κ1) is 20.4. The highest BCUT2D eigenvalue weighted by atomic mass is 35.5. The minimum absolute atomic E-state index is 0.0989. The van der Waals surface area contributed by atoms with E-state index >= 15 is 0 Å². The molecule has 29 heavy (non-hydrogen) atoms. The number of aromatic nitrogens is 1. The predicted octanol–water partition coefficient (Wildman–Crippen LogP) is 4.33. The molecule has 0 saturated heterocycles. The van der Waals surface area contributed by atoms with Crippen LogP contribution in [0.15, 0.2) is 53.1 Å². The third kappa shape index (κ3) is 5.36. The fourth-order valence-corrected chi connectivity index (χ4v) is 2.58. The van der Waals surface area contributed by atoms with E-state index in [0.29, 0.717) is 27.8 Å². The molecule has 0 radical (unpaired) electrons. The third-order valence-electron chi connectivity index (χ3n) is 3.95. The molecule has 0 spiro atoms. The van der Waals surface area contributed by atoms with Gasteiger partial charge in [0.05, 0.1) is 13.3 Å². The first-order valence-corrected chi connectivity index (χ1v) is 9.02. The van der Waals surface area contributed by atoms with Crippen LogP contribution in [0.25, 0.3) is 11.3 Å². The zero-order valence-electron chi connectivity index (χ0n) is 15.8. The molecule has 0 unspecified atom stereocenters. The van der Waals surface area contributed by atoms with Crippen molar-refractivity contribution in [1.29, 1.82) is 0 Å². The van der Waals surface area contributed by atoms with Crippen molar-refractivity contribution < 1.29 is 28.2 Å². The van der Waals surface area contributed by atoms with Crippen molar-refractivity contribution in [1.82, 2.24) is 4.98 Å². The molecule has 3 aromatic rings. The van der Waals surface area contributed by atoms with Gasteiger partial charge < -0.3 is 18.6 Å². The first-order chi connectivity index (χ1) is 14.0. The molecule has 0 atom stereocenters. The number of benzene rings is 2. The second kappa shape index (κ2) is 9.25. The molecule has 0 aliphatic carbocycles. The van der Waals surface area contributed by atoms with Gasteiger partial charge in [-0.25, -0.2) is 9.78 Å². The highest BCUT2D eigenvalue weighted by molar-refractivity contribution is 6.30. The molecule has 1 heterocycles. The number of ketones is 1. The zero-order valence-corrected chi connectivity index (χ0v) is 16.6. The van der Waals surface area contributed by atoms with E-state index in [-0.39, 0.29) is 24.9 Å². The molecule has 7 nitrogen and oxygen atoms in total. The van der Waals surface area contributed by atoms with Crippen LogP contribution in [0.1, 0.15) is 23.2 Å². The Hall–Kier alpha value is -3.32. The maximum absolute atomic E-state index is 12.0. The van der Waals surface area contributed by atoms with Crippen LogP contribution in [0.3, 0.4) is 0 Å². The summed E-state index contributed by atoms with van der Waals surface area (Å²) in [7, 11) is 1.45. The normalized spacial score (nSPS) is 10.4. The Morgan fingerprint density at radius 1 is 1.10 bits per heavy atom. The van der Waals surface area contributed by atoms with Gasteiger partial charge in [0.25, 0.3) is 0 Å². The van der Waals surface area contributed by atoms with Crippen molar-refractivity contribution in [2.45, 2.75) is 13.5 Å². The number of ether oxygens (including phenoxy) is 3. The van der Waals surface area contributed by atoms with E-state index in [1.807, 2.05) is 0 Å². The quantitative estimate of drug-likeness (QED) is 0.399. The Balaban J connectivity index is 1.53. The van der Waals surface area contributed by atoms with Crippen molar-refractivity contribution in [3.8, 4) is 22.8 Å². The largest absolute Gasteiger partial charge is 0.493 e. The molecule has 3 rings (SSSR count). The SMILES string of the molecule is COc1cc(C(C)=O)ccc1OCC(=O)OCc1ncc(-c2ccc(Cl)cc2)o1. The number of Topliss-reactive ketones (excluding diaryl/α,β-unsaturated/α-hetero) is 1. The molecule has 0 saturated carbocycles. The Labute approximate surface area is 172 Å². The lowest BCUT2D eigenvalue weighted by Crippen LogP contribution is -2.15. The molecule has 150 valence electrons. The number of halogens is 1. The van der Waals surface area contributed by atoms with Gasteiger partial charge in [-0.15, -0.1) is 0 Å². The zero-order chi connectivity index (χ0) is 20.8. The topological polar surface area (TPSA) is 87.9 Å². The smallest absolute Gasteiger partial charge is 0.344 e. The number of nitrogens with zero attached hydrogens (tertiary/aromatic N) is 1. The number of hydrogen-bond acceptors (Lipinski definition) is 7. The highest BCUT2D eigenvalue weighted by Gasteiger charge is 2.13. The average Bonchev–Trinajstić information content (AvgIpc) is 3.20. The molecule has 0 N–H and O–H groups in total. The van der Waals surface area contributed by atoms with Crippen LogP contribution in [0.5, 0.6) is 11.5 Å². The fraction of sp³-hybridized carbons (Fsp3) is 0.190. The third-order valence-corrected chi connectivity index (χ3v) is 4.21. The maximum atomic E-state index is 12.0. The van der Waals surface area contributed by atoms with E-state index in [1.54, 1.807) is 48.7 Å². The summed E-state index contributed by atoms with van der Waals surface area (Å²) in [6.45, 7) is 0.990. The van der Waals surface area contributed by atoms with Gasteiger partial charge in [0, 0.05) is 16.1 Å². The van der Waals surface area contributed by atoms with Crippen LogP contribution in [-0.2, 0) is 16.1 Å². The molecular weight excluding hydrogens is 398 g/mol. The standard InChI is InChI=1S/C21H18ClNO6/c1-13(24)15-5-8-17(18(9-15)26-2)27-12-21(25)28-11-20-23-10-19(29-20)14-3-6-16(22)7-4-14/h3-10H,11-12H2,1-2H3. The molecule has 0 aliphatic heterocycles. The van der Waals surface area contributed by atoms with E-state index in [9.17, 15) is 9.59 Å². The van der Waals surface area contributed by atoms with Crippen LogP contribution in [0.4, 0.5) is 0 Å². The lowest BCUT2D eigenvalue weighted by atomic mass is 10.1. The highest BCUT2D eigenvalue weighted by Crippen LogP contribution is 2.28. The van der Waals surface area contributed by atoms with E-state index in [0.717, 1.165) is 5.56 Å². The molecule has 0 aliphatic rings. The molecule has 8 heteroatoms. The van der Waals surface area contributed by atoms with Gasteiger partial charge >= 0.3 is 5.97 Å². The van der Waals surface area contributed by atoms with Crippen LogP contribution >= 0.6 is 11.6 Å². The van der Waals surface area contributed by atoms with E-state index < -0.39 is 5.97 Å². The van der Waals surface area contributed by atoms with E-state index in [1.165, 1.54) is 14.0 Å². The second-order valence-corrected chi connectivity index (χ2v) is 6.43. The van der Waals surface area contributed by atoms with Gasteiger partial charge in [-0.2, -0.15) is 0 Å². The number of carbonyl (C=O) groups excluding carboxylic acids is 2. The summed E-state index contributed by atoms with van der Waals surface area (Å²) in [5.74, 6) is 0.777. The van der Waals surface area contributed by atoms with Gasteiger partial charge in [0.15, 0.2) is 36.3 Å². The summed E-state index contributed by atoms with van der Waals surface area (Å²) in [6, 6.07) is 11.8. The number of esters is 1. The summed E-state index contributed by atoms with van der Waals surface area (Å²) in [5.41, 5.74) is 1.29. The Bertz CT molecular complexity index is 1010. The number of hydrogen-bond donors (Lipinski definition) is 0. The van der Waals surface area contributed by atoms with Crippen molar-refractivity contribution in [2.24, 2.45) is 0 Å². The minimum Gasteiger partial charge on any atom is -0.493 e. The number of carbonyl (C=O) groups is 2. The fourth-order valence-electron chi connectivity index (χ4n) is 2.45. The molecular formula is C21H18ClNO6. The van der Waals surface area contributed by atoms with Crippen LogP contribution in [0, 0.1) is 0 Å². The van der Waals surface area contributed by atoms with Crippen molar-refractivity contribution in [3.05, 3.63) is 65.1 Å². The van der Waals surface area contributed by atoms with Crippen LogP contribution in [-0.4, -0.2) is 30.5 Å². The maximum Gasteiger partial charge on any atom is 0.344 e. The van der Waals surface area contributed by atoms with Crippen molar-refractivity contribution in [2.75, 3.05) is 13.7 Å². The van der Waals surface area contributed by atoms with Crippen molar-refractivity contribution >= 4 is 23.4 Å². The minimum atomic E-state index is -0.603. The number of rotatable bonds is 8. The Morgan fingerprint density at radius 3 is 2.55 bits per heavy atom. The molecule has 1 aromatic heterocycles.